The summed E-state index contributed by atoms with van der Waals surface area (Å²) in [4.78, 5) is 0. The van der Waals surface area contributed by atoms with Crippen LogP contribution in [0.4, 0.5) is 0 Å². The van der Waals surface area contributed by atoms with Crippen molar-refractivity contribution in [3.63, 3.8) is 0 Å². The van der Waals surface area contributed by atoms with Crippen molar-refractivity contribution in [1.29, 1.82) is 0 Å². The number of hydrogen-bond donors (Lipinski definition) is 2. The van der Waals surface area contributed by atoms with Gasteiger partial charge in [0.05, 0.1) is 12.6 Å². The zero-order valence-corrected chi connectivity index (χ0v) is 10.9. The van der Waals surface area contributed by atoms with Gasteiger partial charge in [-0.15, -0.1) is 0 Å². The van der Waals surface area contributed by atoms with Gasteiger partial charge in [-0.05, 0) is 30.2 Å². The van der Waals surface area contributed by atoms with E-state index in [1.165, 1.54) is 5.56 Å². The summed E-state index contributed by atoms with van der Waals surface area (Å²) in [6, 6.07) is 8.12. The van der Waals surface area contributed by atoms with E-state index >= 15 is 0 Å². The fourth-order valence-electron chi connectivity index (χ4n) is 1.63. The van der Waals surface area contributed by atoms with Gasteiger partial charge in [-0.3, -0.25) is 0 Å². The van der Waals surface area contributed by atoms with E-state index in [1.807, 2.05) is 19.1 Å². The number of ether oxygens (including phenoxy) is 1. The Hall–Kier alpha value is -1.06. The van der Waals surface area contributed by atoms with Crippen molar-refractivity contribution in [3.05, 3.63) is 29.8 Å². The van der Waals surface area contributed by atoms with E-state index in [-0.39, 0.29) is 12.6 Å². The third kappa shape index (κ3) is 4.75. The molecule has 0 spiro atoms. The molecule has 1 unspecified atom stereocenters. The zero-order chi connectivity index (χ0) is 12.7. The van der Waals surface area contributed by atoms with Crippen LogP contribution in [-0.4, -0.2) is 30.9 Å². The minimum atomic E-state index is 0.00251. The lowest BCUT2D eigenvalue weighted by Gasteiger charge is -2.16. The summed E-state index contributed by atoms with van der Waals surface area (Å²) in [5, 5.41) is 12.3. The topological polar surface area (TPSA) is 41.5 Å². The Labute approximate surface area is 104 Å². The van der Waals surface area contributed by atoms with Crippen LogP contribution in [0.5, 0.6) is 5.75 Å². The summed E-state index contributed by atoms with van der Waals surface area (Å²) in [5.74, 6) is 1.37. The molecule has 0 aliphatic rings. The molecule has 1 aromatic rings. The highest BCUT2D eigenvalue weighted by molar-refractivity contribution is 5.30. The first-order valence-corrected chi connectivity index (χ1v) is 6.24. The molecular weight excluding hydrogens is 214 g/mol. The first kappa shape index (κ1) is 14.0. The average molecular weight is 237 g/mol. The van der Waals surface area contributed by atoms with Crippen LogP contribution in [0.2, 0.25) is 0 Å². The van der Waals surface area contributed by atoms with Gasteiger partial charge in [0.25, 0.3) is 0 Å². The summed E-state index contributed by atoms with van der Waals surface area (Å²) < 4.78 is 5.68. The van der Waals surface area contributed by atoms with Crippen LogP contribution in [0.1, 0.15) is 32.3 Å². The van der Waals surface area contributed by atoms with Gasteiger partial charge in [0.2, 0.25) is 0 Å². The predicted octanol–water partition coefficient (Wildman–Crippen LogP) is 2.16. The van der Waals surface area contributed by atoms with Gasteiger partial charge in [0.1, 0.15) is 12.4 Å². The van der Waals surface area contributed by atoms with E-state index in [9.17, 15) is 0 Å². The average Bonchev–Trinajstić information content (AvgIpc) is 2.34. The second-order valence-electron chi connectivity index (χ2n) is 4.48. The lowest BCUT2D eigenvalue weighted by atomic mass is 10.0. The summed E-state index contributed by atoms with van der Waals surface area (Å²) in [5.41, 5.74) is 1.27. The van der Waals surface area contributed by atoms with Crippen molar-refractivity contribution >= 4 is 0 Å². The van der Waals surface area contributed by atoms with Crippen LogP contribution in [-0.2, 0) is 0 Å². The number of benzene rings is 1. The van der Waals surface area contributed by atoms with Crippen molar-refractivity contribution < 1.29 is 9.84 Å². The monoisotopic (exact) mass is 237 g/mol. The Balaban J connectivity index is 2.53. The summed E-state index contributed by atoms with van der Waals surface area (Å²) in [6.07, 6.45) is 0. The largest absolute Gasteiger partial charge is 0.492 e. The van der Waals surface area contributed by atoms with E-state index in [2.05, 4.69) is 31.3 Å². The molecule has 0 aliphatic carbocycles. The van der Waals surface area contributed by atoms with Crippen molar-refractivity contribution in [2.24, 2.45) is 0 Å². The number of nitrogens with one attached hydrogen (secondary N) is 1. The molecule has 0 aliphatic heterocycles. The second kappa shape index (κ2) is 7.30. The summed E-state index contributed by atoms with van der Waals surface area (Å²) in [6.45, 7) is 7.76. The molecule has 0 saturated heterocycles. The lowest BCUT2D eigenvalue weighted by Crippen LogP contribution is -2.37. The van der Waals surface area contributed by atoms with Crippen LogP contribution in [0, 0.1) is 0 Å². The molecule has 3 heteroatoms. The fourth-order valence-corrected chi connectivity index (χ4v) is 1.63. The predicted molar refractivity (Wildman–Crippen MR) is 70.6 cm³/mol. The molecule has 17 heavy (non-hydrogen) atoms. The van der Waals surface area contributed by atoms with Crippen LogP contribution in [0.25, 0.3) is 0 Å². The molecule has 0 radical (unpaired) electrons. The molecule has 96 valence electrons. The molecule has 2 N–H and O–H groups in total. The molecule has 0 fully saturated rings. The van der Waals surface area contributed by atoms with Gasteiger partial charge >= 0.3 is 0 Å². The smallest absolute Gasteiger partial charge is 0.119 e. The van der Waals surface area contributed by atoms with Crippen molar-refractivity contribution in [1.82, 2.24) is 5.32 Å². The number of aliphatic hydroxyl groups is 1. The highest BCUT2D eigenvalue weighted by Crippen LogP contribution is 2.20. The zero-order valence-electron chi connectivity index (χ0n) is 10.9. The van der Waals surface area contributed by atoms with E-state index < -0.39 is 0 Å². The number of hydrogen-bond acceptors (Lipinski definition) is 3. The Bertz CT molecular complexity index is 326. The molecule has 1 aromatic carbocycles. The molecule has 3 nitrogen and oxygen atoms in total. The normalized spacial score (nSPS) is 12.8. The SMILES string of the molecule is CCNC(CO)COc1cccc(C(C)C)c1. The van der Waals surface area contributed by atoms with E-state index in [1.54, 1.807) is 0 Å². The fraction of sp³-hybridized carbons (Fsp3) is 0.571. The summed E-state index contributed by atoms with van der Waals surface area (Å²) in [7, 11) is 0. The quantitative estimate of drug-likeness (QED) is 0.763. The molecule has 0 bridgehead atoms. The maximum absolute atomic E-state index is 9.14. The number of rotatable bonds is 7. The van der Waals surface area contributed by atoms with E-state index in [4.69, 9.17) is 9.84 Å². The standard InChI is InChI=1S/C14H23NO2/c1-4-15-13(9-16)10-17-14-7-5-6-12(8-14)11(2)3/h5-8,11,13,15-16H,4,9-10H2,1-3H3. The molecule has 1 rings (SSSR count). The van der Waals surface area contributed by atoms with Gasteiger partial charge in [0.15, 0.2) is 0 Å². The lowest BCUT2D eigenvalue weighted by molar-refractivity contribution is 0.184. The number of likely N-dealkylation sites (N-methyl/N-ethyl adjacent to an activating group) is 1. The molecule has 1 atom stereocenters. The molecule has 0 saturated carbocycles. The molecule has 0 aromatic heterocycles. The Kier molecular flexibility index (Phi) is 6.01. The van der Waals surface area contributed by atoms with Gasteiger partial charge in [0, 0.05) is 0 Å². The van der Waals surface area contributed by atoms with Crippen molar-refractivity contribution in [2.75, 3.05) is 19.8 Å². The van der Waals surface area contributed by atoms with Crippen LogP contribution >= 0.6 is 0 Å². The maximum Gasteiger partial charge on any atom is 0.119 e. The third-order valence-corrected chi connectivity index (χ3v) is 2.69. The second-order valence-corrected chi connectivity index (χ2v) is 4.48. The minimum Gasteiger partial charge on any atom is -0.492 e. The molecule has 0 heterocycles. The molecule has 0 amide bonds. The van der Waals surface area contributed by atoms with Crippen LogP contribution in [0.15, 0.2) is 24.3 Å². The van der Waals surface area contributed by atoms with Crippen LogP contribution in [0.3, 0.4) is 0 Å². The van der Waals surface area contributed by atoms with E-state index in [0.29, 0.717) is 12.5 Å². The van der Waals surface area contributed by atoms with Crippen molar-refractivity contribution in [2.45, 2.75) is 32.7 Å². The van der Waals surface area contributed by atoms with Crippen LogP contribution < -0.4 is 10.1 Å². The Morgan fingerprint density at radius 1 is 1.35 bits per heavy atom. The van der Waals surface area contributed by atoms with Gasteiger partial charge in [-0.2, -0.15) is 0 Å². The Morgan fingerprint density at radius 3 is 2.71 bits per heavy atom. The van der Waals surface area contributed by atoms with E-state index in [0.717, 1.165) is 12.3 Å². The first-order valence-electron chi connectivity index (χ1n) is 6.24. The van der Waals surface area contributed by atoms with Gasteiger partial charge < -0.3 is 15.2 Å². The maximum atomic E-state index is 9.14. The third-order valence-electron chi connectivity index (χ3n) is 2.69. The highest BCUT2D eigenvalue weighted by atomic mass is 16.5. The van der Waals surface area contributed by atoms with Gasteiger partial charge in [-0.25, -0.2) is 0 Å². The van der Waals surface area contributed by atoms with Gasteiger partial charge in [-0.1, -0.05) is 32.9 Å². The first-order chi connectivity index (χ1) is 8.17. The highest BCUT2D eigenvalue weighted by Gasteiger charge is 2.07. The molecular formula is C14H23NO2. The minimum absolute atomic E-state index is 0.00251. The summed E-state index contributed by atoms with van der Waals surface area (Å²) >= 11 is 0. The Morgan fingerprint density at radius 2 is 2.12 bits per heavy atom. The number of aliphatic hydroxyl groups excluding tert-OH is 1. The van der Waals surface area contributed by atoms with Crippen molar-refractivity contribution in [3.8, 4) is 5.75 Å².